The van der Waals surface area contributed by atoms with Crippen molar-refractivity contribution in [1.29, 1.82) is 0 Å². The first-order valence-corrected chi connectivity index (χ1v) is 6.85. The summed E-state index contributed by atoms with van der Waals surface area (Å²) in [4.78, 5) is 28.4. The van der Waals surface area contributed by atoms with Gasteiger partial charge in [0.05, 0.1) is 16.3 Å². The third-order valence-corrected chi connectivity index (χ3v) is 3.78. The van der Waals surface area contributed by atoms with Crippen molar-refractivity contribution in [1.82, 2.24) is 9.55 Å². The number of amides is 1. The number of nitrogens with two attached hydrogens (primary N) is 1. The fourth-order valence-corrected chi connectivity index (χ4v) is 2.22. The van der Waals surface area contributed by atoms with Gasteiger partial charge in [0.25, 0.3) is 5.56 Å². The van der Waals surface area contributed by atoms with Gasteiger partial charge in [0, 0.05) is 0 Å². The summed E-state index contributed by atoms with van der Waals surface area (Å²) >= 11 is 6.24. The van der Waals surface area contributed by atoms with Gasteiger partial charge in [-0.25, -0.2) is 4.98 Å². The lowest BCUT2D eigenvalue weighted by atomic mass is 10.2. The molecule has 0 aliphatic carbocycles. The maximum Gasteiger partial charge on any atom is 0.262 e. The van der Waals surface area contributed by atoms with Crippen LogP contribution in [0.15, 0.2) is 29.1 Å². The van der Waals surface area contributed by atoms with Crippen LogP contribution < -0.4 is 11.3 Å². The number of fused-ring (bicyclic) bond motifs is 1. The Morgan fingerprint density at radius 1 is 1.45 bits per heavy atom. The summed E-state index contributed by atoms with van der Waals surface area (Å²) < 4.78 is 1.30. The second-order valence-electron chi connectivity index (χ2n) is 4.62. The van der Waals surface area contributed by atoms with Gasteiger partial charge in [-0.3, -0.25) is 14.2 Å². The molecule has 0 radical (unpaired) electrons. The van der Waals surface area contributed by atoms with Crippen molar-refractivity contribution < 1.29 is 4.79 Å². The number of hydrogen-bond acceptors (Lipinski definition) is 3. The minimum absolute atomic E-state index is 0.295. The van der Waals surface area contributed by atoms with Crippen LogP contribution in [0.1, 0.15) is 37.5 Å². The Kier molecular flexibility index (Phi) is 4.09. The van der Waals surface area contributed by atoms with E-state index in [1.54, 1.807) is 31.2 Å². The van der Waals surface area contributed by atoms with Crippen molar-refractivity contribution in [2.24, 2.45) is 5.73 Å². The normalized spacial score (nSPS) is 14.2. The van der Waals surface area contributed by atoms with Gasteiger partial charge >= 0.3 is 0 Å². The highest BCUT2D eigenvalue weighted by Gasteiger charge is 2.23. The minimum Gasteiger partial charge on any atom is -0.368 e. The number of rotatable bonds is 4. The lowest BCUT2D eigenvalue weighted by Crippen LogP contribution is -2.35. The van der Waals surface area contributed by atoms with Crippen LogP contribution in [-0.2, 0) is 4.79 Å². The molecule has 0 saturated carbocycles. The second kappa shape index (κ2) is 5.63. The molecule has 1 aromatic carbocycles. The Balaban J connectivity index is 2.84. The zero-order chi connectivity index (χ0) is 14.9. The molecule has 6 heteroatoms. The van der Waals surface area contributed by atoms with Crippen LogP contribution in [0, 0.1) is 0 Å². The third kappa shape index (κ3) is 2.41. The zero-order valence-corrected chi connectivity index (χ0v) is 12.1. The Bertz CT molecular complexity index is 711. The molecule has 2 atom stereocenters. The summed E-state index contributed by atoms with van der Waals surface area (Å²) in [5.41, 5.74) is 5.60. The molecular weight excluding hydrogens is 278 g/mol. The molecule has 1 heterocycles. The van der Waals surface area contributed by atoms with Crippen molar-refractivity contribution in [3.05, 3.63) is 40.4 Å². The highest BCUT2D eigenvalue weighted by Crippen LogP contribution is 2.24. The van der Waals surface area contributed by atoms with Crippen LogP contribution in [0.2, 0.25) is 0 Å². The fraction of sp³-hybridized carbons (Fsp3) is 0.357. The summed E-state index contributed by atoms with van der Waals surface area (Å²) in [5.74, 6) is -0.213. The van der Waals surface area contributed by atoms with E-state index < -0.39 is 17.3 Å². The number of aromatic nitrogens is 2. The number of nitrogens with zero attached hydrogens (tertiary/aromatic N) is 2. The maximum atomic E-state index is 12.6. The van der Waals surface area contributed by atoms with Gasteiger partial charge in [0.15, 0.2) is 0 Å². The van der Waals surface area contributed by atoms with Gasteiger partial charge in [0.1, 0.15) is 11.9 Å². The average molecular weight is 294 g/mol. The predicted molar refractivity (Wildman–Crippen MR) is 78.8 cm³/mol. The Labute approximate surface area is 121 Å². The largest absolute Gasteiger partial charge is 0.368 e. The van der Waals surface area contributed by atoms with E-state index >= 15 is 0 Å². The molecule has 2 aromatic rings. The molecule has 1 amide bonds. The number of carbonyl (C=O) groups excluding carboxylic acids is 1. The standard InChI is InChI=1S/C14H16ClN3O2/c1-3-10(15)13-17-11-7-5-4-6-9(11)14(20)18(13)8(2)12(16)19/h4-8,10H,3H2,1-2H3,(H2,16,19). The van der Waals surface area contributed by atoms with E-state index in [4.69, 9.17) is 17.3 Å². The van der Waals surface area contributed by atoms with Crippen molar-refractivity contribution in [2.75, 3.05) is 0 Å². The highest BCUT2D eigenvalue weighted by molar-refractivity contribution is 6.20. The molecule has 0 fully saturated rings. The van der Waals surface area contributed by atoms with Crippen LogP contribution in [0.25, 0.3) is 10.9 Å². The number of alkyl halides is 1. The van der Waals surface area contributed by atoms with Gasteiger partial charge in [0.2, 0.25) is 5.91 Å². The molecular formula is C14H16ClN3O2. The van der Waals surface area contributed by atoms with E-state index in [9.17, 15) is 9.59 Å². The zero-order valence-electron chi connectivity index (χ0n) is 11.3. The van der Waals surface area contributed by atoms with E-state index in [-0.39, 0.29) is 5.56 Å². The number of halogens is 1. The minimum atomic E-state index is -0.789. The van der Waals surface area contributed by atoms with Crippen LogP contribution in [0.4, 0.5) is 0 Å². The molecule has 20 heavy (non-hydrogen) atoms. The number of hydrogen-bond donors (Lipinski definition) is 1. The van der Waals surface area contributed by atoms with E-state index in [0.717, 1.165) is 0 Å². The van der Waals surface area contributed by atoms with Gasteiger partial charge in [-0.05, 0) is 25.5 Å². The summed E-state index contributed by atoms with van der Waals surface area (Å²) in [7, 11) is 0. The van der Waals surface area contributed by atoms with E-state index in [2.05, 4.69) is 4.98 Å². The lowest BCUT2D eigenvalue weighted by Gasteiger charge is -2.19. The number of para-hydroxylation sites is 1. The Hall–Kier alpha value is -1.88. The topological polar surface area (TPSA) is 78.0 Å². The molecule has 0 aliphatic heterocycles. The summed E-state index contributed by atoms with van der Waals surface area (Å²) in [5, 5.41) is -0.00146. The smallest absolute Gasteiger partial charge is 0.262 e. The first-order valence-electron chi connectivity index (χ1n) is 6.42. The van der Waals surface area contributed by atoms with Crippen LogP contribution in [0.3, 0.4) is 0 Å². The highest BCUT2D eigenvalue weighted by atomic mass is 35.5. The van der Waals surface area contributed by atoms with Gasteiger partial charge in [-0.2, -0.15) is 0 Å². The van der Waals surface area contributed by atoms with Crippen LogP contribution >= 0.6 is 11.6 Å². The fourth-order valence-electron chi connectivity index (χ4n) is 2.07. The molecule has 2 N–H and O–H groups in total. The van der Waals surface area contributed by atoms with E-state index in [0.29, 0.717) is 23.1 Å². The third-order valence-electron chi connectivity index (χ3n) is 3.27. The van der Waals surface area contributed by atoms with Crippen molar-refractivity contribution in [2.45, 2.75) is 31.7 Å². The molecule has 0 spiro atoms. The molecule has 0 saturated heterocycles. The van der Waals surface area contributed by atoms with Crippen molar-refractivity contribution in [3.63, 3.8) is 0 Å². The molecule has 2 unspecified atom stereocenters. The van der Waals surface area contributed by atoms with Crippen molar-refractivity contribution in [3.8, 4) is 0 Å². The maximum absolute atomic E-state index is 12.6. The number of carbonyl (C=O) groups is 1. The summed E-state index contributed by atoms with van der Waals surface area (Å²) in [6.07, 6.45) is 0.595. The monoisotopic (exact) mass is 293 g/mol. The number of benzene rings is 1. The second-order valence-corrected chi connectivity index (χ2v) is 5.14. The molecule has 0 bridgehead atoms. The lowest BCUT2D eigenvalue weighted by molar-refractivity contribution is -0.120. The Morgan fingerprint density at radius 2 is 2.10 bits per heavy atom. The molecule has 106 valence electrons. The first kappa shape index (κ1) is 14.5. The molecule has 2 rings (SSSR count). The van der Waals surface area contributed by atoms with Crippen molar-refractivity contribution >= 4 is 28.4 Å². The number of primary amides is 1. The van der Waals surface area contributed by atoms with Gasteiger partial charge < -0.3 is 5.73 Å². The van der Waals surface area contributed by atoms with E-state index in [1.165, 1.54) is 4.57 Å². The molecule has 5 nitrogen and oxygen atoms in total. The molecule has 0 aliphatic rings. The quantitative estimate of drug-likeness (QED) is 0.877. The Morgan fingerprint density at radius 3 is 2.70 bits per heavy atom. The summed E-state index contributed by atoms with van der Waals surface area (Å²) in [6.45, 7) is 3.46. The molecule has 1 aromatic heterocycles. The van der Waals surface area contributed by atoms with Crippen LogP contribution in [-0.4, -0.2) is 15.5 Å². The summed E-state index contributed by atoms with van der Waals surface area (Å²) in [6, 6.07) is 6.19. The van der Waals surface area contributed by atoms with E-state index in [1.807, 2.05) is 6.92 Å². The van der Waals surface area contributed by atoms with Crippen LogP contribution in [0.5, 0.6) is 0 Å². The predicted octanol–water partition coefficient (Wildman–Crippen LogP) is 2.13. The average Bonchev–Trinajstić information content (AvgIpc) is 2.45. The first-order chi connectivity index (χ1) is 9.47. The van der Waals surface area contributed by atoms with Gasteiger partial charge in [-0.1, -0.05) is 19.1 Å². The SMILES string of the molecule is CCC(Cl)c1nc2ccccc2c(=O)n1C(C)C(N)=O. The van der Waals surface area contributed by atoms with Gasteiger partial charge in [-0.15, -0.1) is 11.6 Å².